The van der Waals surface area contributed by atoms with Crippen LogP contribution in [0.15, 0.2) is 0 Å². The van der Waals surface area contributed by atoms with Crippen LogP contribution in [0.1, 0.15) is 51.9 Å². The molecule has 15 heavy (non-hydrogen) atoms. The fourth-order valence-corrected chi connectivity index (χ4v) is 2.92. The third-order valence-electron chi connectivity index (χ3n) is 4.01. The summed E-state index contributed by atoms with van der Waals surface area (Å²) in [5, 5.41) is 3.50. The molecule has 3 atom stereocenters. The van der Waals surface area contributed by atoms with Crippen molar-refractivity contribution in [2.45, 2.75) is 64.0 Å². The highest BCUT2D eigenvalue weighted by molar-refractivity contribution is 4.76. The maximum Gasteiger partial charge on any atom is 0.0623 e. The quantitative estimate of drug-likeness (QED) is 0.772. The molecule has 2 heteroatoms. The number of rotatable bonds is 4. The van der Waals surface area contributed by atoms with E-state index in [2.05, 4.69) is 12.2 Å². The summed E-state index contributed by atoms with van der Waals surface area (Å²) in [6.07, 6.45) is 9.94. The van der Waals surface area contributed by atoms with Gasteiger partial charge in [-0.05, 0) is 38.1 Å². The van der Waals surface area contributed by atoms with Crippen molar-refractivity contribution >= 4 is 0 Å². The molecule has 0 aromatic heterocycles. The van der Waals surface area contributed by atoms with Crippen LogP contribution in [-0.2, 0) is 4.74 Å². The second-order valence-electron chi connectivity index (χ2n) is 5.19. The predicted octanol–water partition coefficient (Wildman–Crippen LogP) is 2.72. The molecule has 0 spiro atoms. The molecule has 0 amide bonds. The lowest BCUT2D eigenvalue weighted by Gasteiger charge is -2.29. The van der Waals surface area contributed by atoms with Crippen molar-refractivity contribution in [3.8, 4) is 0 Å². The van der Waals surface area contributed by atoms with Crippen LogP contribution in [0.2, 0.25) is 0 Å². The molecule has 1 N–H and O–H groups in total. The molecular formula is C13H25NO. The van der Waals surface area contributed by atoms with Crippen LogP contribution in [0.25, 0.3) is 0 Å². The van der Waals surface area contributed by atoms with E-state index >= 15 is 0 Å². The molecule has 2 aliphatic rings. The zero-order valence-electron chi connectivity index (χ0n) is 10.0. The van der Waals surface area contributed by atoms with Crippen molar-refractivity contribution in [3.05, 3.63) is 0 Å². The summed E-state index contributed by atoms with van der Waals surface area (Å²) in [6, 6.07) is 0.645. The molecule has 1 heterocycles. The van der Waals surface area contributed by atoms with Gasteiger partial charge in [0.25, 0.3) is 0 Å². The zero-order valence-corrected chi connectivity index (χ0v) is 10.0. The zero-order chi connectivity index (χ0) is 10.5. The number of nitrogens with one attached hydrogen (secondary N) is 1. The average molecular weight is 211 g/mol. The van der Waals surface area contributed by atoms with Gasteiger partial charge in [0.2, 0.25) is 0 Å². The summed E-state index contributed by atoms with van der Waals surface area (Å²) in [5.74, 6) is 0.931. The van der Waals surface area contributed by atoms with E-state index in [1.165, 1.54) is 51.5 Å². The van der Waals surface area contributed by atoms with Crippen LogP contribution >= 0.6 is 0 Å². The van der Waals surface area contributed by atoms with E-state index < -0.39 is 0 Å². The topological polar surface area (TPSA) is 21.3 Å². The molecule has 0 radical (unpaired) electrons. The molecule has 1 saturated heterocycles. The third kappa shape index (κ3) is 3.46. The molecule has 2 rings (SSSR count). The van der Waals surface area contributed by atoms with Crippen molar-refractivity contribution < 1.29 is 4.74 Å². The summed E-state index contributed by atoms with van der Waals surface area (Å²) in [5.41, 5.74) is 0. The summed E-state index contributed by atoms with van der Waals surface area (Å²) in [7, 11) is 0. The smallest absolute Gasteiger partial charge is 0.0623 e. The summed E-state index contributed by atoms with van der Waals surface area (Å²) < 4.78 is 6.04. The Morgan fingerprint density at radius 2 is 2.13 bits per heavy atom. The second-order valence-corrected chi connectivity index (χ2v) is 5.19. The summed E-state index contributed by atoms with van der Waals surface area (Å²) in [6.45, 7) is 4.45. The van der Waals surface area contributed by atoms with Gasteiger partial charge in [-0.1, -0.05) is 26.2 Å². The first-order valence-corrected chi connectivity index (χ1v) is 6.73. The second kappa shape index (κ2) is 5.86. The highest BCUT2D eigenvalue weighted by Gasteiger charge is 2.23. The van der Waals surface area contributed by atoms with Gasteiger partial charge in [-0.2, -0.15) is 0 Å². The standard InChI is InChI=1S/C13H25NO/c1-2-11-5-3-7-13(9-11)15-10-12-6-4-8-14-12/h11-14H,2-10H2,1H3/t11?,12-,13?/m0/s1. The van der Waals surface area contributed by atoms with Crippen LogP contribution in [0.4, 0.5) is 0 Å². The Bertz CT molecular complexity index is 177. The van der Waals surface area contributed by atoms with Gasteiger partial charge in [-0.15, -0.1) is 0 Å². The first kappa shape index (κ1) is 11.4. The van der Waals surface area contributed by atoms with Crippen LogP contribution in [-0.4, -0.2) is 25.3 Å². The van der Waals surface area contributed by atoms with Gasteiger partial charge in [-0.3, -0.25) is 0 Å². The molecule has 0 aromatic carbocycles. The highest BCUT2D eigenvalue weighted by Crippen LogP contribution is 2.28. The van der Waals surface area contributed by atoms with Crippen molar-refractivity contribution in [2.24, 2.45) is 5.92 Å². The van der Waals surface area contributed by atoms with E-state index in [0.717, 1.165) is 12.5 Å². The summed E-state index contributed by atoms with van der Waals surface area (Å²) in [4.78, 5) is 0. The lowest BCUT2D eigenvalue weighted by atomic mass is 9.85. The largest absolute Gasteiger partial charge is 0.377 e. The first-order valence-electron chi connectivity index (χ1n) is 6.73. The van der Waals surface area contributed by atoms with Crippen molar-refractivity contribution in [1.29, 1.82) is 0 Å². The Morgan fingerprint density at radius 1 is 1.20 bits per heavy atom. The van der Waals surface area contributed by atoms with Gasteiger partial charge < -0.3 is 10.1 Å². The number of hydrogen-bond donors (Lipinski definition) is 1. The van der Waals surface area contributed by atoms with E-state index in [1.54, 1.807) is 0 Å². The minimum absolute atomic E-state index is 0.561. The fraction of sp³-hybridized carbons (Fsp3) is 1.00. The van der Waals surface area contributed by atoms with E-state index in [-0.39, 0.29) is 0 Å². The lowest BCUT2D eigenvalue weighted by Crippen LogP contribution is -2.31. The Balaban J connectivity index is 1.65. The van der Waals surface area contributed by atoms with Crippen LogP contribution in [0, 0.1) is 5.92 Å². The molecule has 1 aliphatic carbocycles. The molecule has 0 bridgehead atoms. The monoisotopic (exact) mass is 211 g/mol. The Labute approximate surface area is 93.8 Å². The molecule has 1 aliphatic heterocycles. The minimum Gasteiger partial charge on any atom is -0.377 e. The Morgan fingerprint density at radius 3 is 2.87 bits per heavy atom. The van der Waals surface area contributed by atoms with Crippen molar-refractivity contribution in [3.63, 3.8) is 0 Å². The van der Waals surface area contributed by atoms with Gasteiger partial charge in [0.05, 0.1) is 12.7 Å². The Kier molecular flexibility index (Phi) is 4.45. The maximum absolute atomic E-state index is 6.04. The van der Waals surface area contributed by atoms with Crippen LogP contribution in [0.5, 0.6) is 0 Å². The van der Waals surface area contributed by atoms with Gasteiger partial charge in [0.15, 0.2) is 0 Å². The molecule has 2 nitrogen and oxygen atoms in total. The molecule has 88 valence electrons. The number of hydrogen-bond acceptors (Lipinski definition) is 2. The van der Waals surface area contributed by atoms with E-state index in [1.807, 2.05) is 0 Å². The van der Waals surface area contributed by atoms with Crippen molar-refractivity contribution in [2.75, 3.05) is 13.2 Å². The minimum atomic E-state index is 0.561. The SMILES string of the molecule is CCC1CCCC(OC[C@@H]2CCCN2)C1. The van der Waals surface area contributed by atoms with E-state index in [0.29, 0.717) is 12.1 Å². The van der Waals surface area contributed by atoms with Gasteiger partial charge in [0.1, 0.15) is 0 Å². The van der Waals surface area contributed by atoms with Crippen LogP contribution < -0.4 is 5.32 Å². The average Bonchev–Trinajstić information content (AvgIpc) is 2.79. The predicted molar refractivity (Wildman–Crippen MR) is 63.0 cm³/mol. The molecule has 1 saturated carbocycles. The third-order valence-corrected chi connectivity index (χ3v) is 4.01. The molecule has 2 fully saturated rings. The fourth-order valence-electron chi connectivity index (χ4n) is 2.92. The van der Waals surface area contributed by atoms with Crippen LogP contribution in [0.3, 0.4) is 0 Å². The highest BCUT2D eigenvalue weighted by atomic mass is 16.5. The summed E-state index contributed by atoms with van der Waals surface area (Å²) >= 11 is 0. The molecular weight excluding hydrogens is 186 g/mol. The van der Waals surface area contributed by atoms with E-state index in [4.69, 9.17) is 4.74 Å². The maximum atomic E-state index is 6.04. The van der Waals surface area contributed by atoms with Gasteiger partial charge >= 0.3 is 0 Å². The lowest BCUT2D eigenvalue weighted by molar-refractivity contribution is 0.00372. The number of ether oxygens (including phenoxy) is 1. The normalized spacial score (nSPS) is 37.0. The molecule has 0 aromatic rings. The van der Waals surface area contributed by atoms with Gasteiger partial charge in [0, 0.05) is 6.04 Å². The van der Waals surface area contributed by atoms with Gasteiger partial charge in [-0.25, -0.2) is 0 Å². The Hall–Kier alpha value is -0.0800. The van der Waals surface area contributed by atoms with E-state index in [9.17, 15) is 0 Å². The molecule has 2 unspecified atom stereocenters. The van der Waals surface area contributed by atoms with Crippen molar-refractivity contribution in [1.82, 2.24) is 5.32 Å². The first-order chi connectivity index (χ1) is 7.38.